The van der Waals surface area contributed by atoms with E-state index in [-0.39, 0.29) is 0 Å². The van der Waals surface area contributed by atoms with Crippen molar-refractivity contribution < 1.29 is 4.52 Å². The van der Waals surface area contributed by atoms with E-state index in [1.165, 1.54) is 19.3 Å². The third kappa shape index (κ3) is 5.32. The molecule has 4 heteroatoms. The van der Waals surface area contributed by atoms with Crippen LogP contribution in [-0.2, 0) is 6.54 Å². The number of aryl methyl sites for hydroxylation is 1. The van der Waals surface area contributed by atoms with Crippen molar-refractivity contribution in [1.29, 1.82) is 0 Å². The van der Waals surface area contributed by atoms with Gasteiger partial charge in [-0.05, 0) is 25.8 Å². The van der Waals surface area contributed by atoms with E-state index >= 15 is 0 Å². The number of unbranched alkanes of at least 4 members (excludes halogenated alkanes) is 3. The molecule has 0 amide bonds. The molecule has 0 aromatic carbocycles. The van der Waals surface area contributed by atoms with Gasteiger partial charge in [0.05, 0.1) is 6.54 Å². The molecule has 0 spiro atoms. The van der Waals surface area contributed by atoms with E-state index in [1.807, 2.05) is 6.08 Å². The standard InChI is InChI=1S/C11H19N3O/c1-3-4-5-6-7-8-12-9-11-13-10(2)15-14-11/h3,12H,1,4-9H2,2H3. The van der Waals surface area contributed by atoms with Crippen LogP contribution in [0.2, 0.25) is 0 Å². The lowest BCUT2D eigenvalue weighted by Gasteiger charge is -2.00. The van der Waals surface area contributed by atoms with E-state index in [1.54, 1.807) is 6.92 Å². The maximum absolute atomic E-state index is 4.86. The molecular weight excluding hydrogens is 190 g/mol. The molecule has 0 bridgehead atoms. The maximum Gasteiger partial charge on any atom is 0.223 e. The van der Waals surface area contributed by atoms with Gasteiger partial charge in [-0.3, -0.25) is 0 Å². The highest BCUT2D eigenvalue weighted by molar-refractivity contribution is 4.82. The second-order valence-corrected chi connectivity index (χ2v) is 3.54. The summed E-state index contributed by atoms with van der Waals surface area (Å²) in [6, 6.07) is 0. The van der Waals surface area contributed by atoms with Crippen molar-refractivity contribution in [2.24, 2.45) is 0 Å². The summed E-state index contributed by atoms with van der Waals surface area (Å²) >= 11 is 0. The first kappa shape index (κ1) is 11.9. The molecule has 0 aliphatic heterocycles. The average molecular weight is 209 g/mol. The lowest BCUT2D eigenvalue weighted by atomic mass is 10.2. The van der Waals surface area contributed by atoms with Gasteiger partial charge < -0.3 is 9.84 Å². The average Bonchev–Trinajstić information content (AvgIpc) is 2.63. The molecule has 0 aliphatic carbocycles. The van der Waals surface area contributed by atoms with Gasteiger partial charge in [0.1, 0.15) is 0 Å². The van der Waals surface area contributed by atoms with Gasteiger partial charge >= 0.3 is 0 Å². The molecule has 0 aliphatic rings. The largest absolute Gasteiger partial charge is 0.340 e. The molecule has 1 rings (SSSR count). The van der Waals surface area contributed by atoms with E-state index in [0.717, 1.165) is 18.8 Å². The van der Waals surface area contributed by atoms with Crippen molar-refractivity contribution in [2.45, 2.75) is 39.2 Å². The Morgan fingerprint density at radius 3 is 2.93 bits per heavy atom. The van der Waals surface area contributed by atoms with Gasteiger partial charge in [-0.2, -0.15) is 4.98 Å². The number of allylic oxidation sites excluding steroid dienone is 1. The van der Waals surface area contributed by atoms with E-state index in [0.29, 0.717) is 12.4 Å². The zero-order chi connectivity index (χ0) is 10.9. The van der Waals surface area contributed by atoms with Crippen LogP contribution in [0.1, 0.15) is 37.4 Å². The number of aromatic nitrogens is 2. The number of hydrogen-bond acceptors (Lipinski definition) is 4. The van der Waals surface area contributed by atoms with Crippen molar-refractivity contribution in [1.82, 2.24) is 15.5 Å². The first-order chi connectivity index (χ1) is 7.33. The summed E-state index contributed by atoms with van der Waals surface area (Å²) in [6.07, 6.45) is 6.74. The van der Waals surface area contributed by atoms with E-state index in [9.17, 15) is 0 Å². The van der Waals surface area contributed by atoms with Crippen LogP contribution >= 0.6 is 0 Å². The van der Waals surface area contributed by atoms with Crippen LogP contribution in [0.4, 0.5) is 0 Å². The molecule has 1 N–H and O–H groups in total. The summed E-state index contributed by atoms with van der Waals surface area (Å²) in [7, 11) is 0. The van der Waals surface area contributed by atoms with Crippen molar-refractivity contribution in [3.63, 3.8) is 0 Å². The Hall–Kier alpha value is -1.16. The molecule has 0 fully saturated rings. The molecule has 4 nitrogen and oxygen atoms in total. The fraction of sp³-hybridized carbons (Fsp3) is 0.636. The van der Waals surface area contributed by atoms with E-state index < -0.39 is 0 Å². The first-order valence-corrected chi connectivity index (χ1v) is 5.43. The van der Waals surface area contributed by atoms with Gasteiger partial charge in [0.25, 0.3) is 0 Å². The molecule has 15 heavy (non-hydrogen) atoms. The molecule has 1 heterocycles. The van der Waals surface area contributed by atoms with Crippen LogP contribution in [0.5, 0.6) is 0 Å². The second-order valence-electron chi connectivity index (χ2n) is 3.54. The molecule has 0 saturated heterocycles. The van der Waals surface area contributed by atoms with Gasteiger partial charge in [-0.1, -0.05) is 17.7 Å². The maximum atomic E-state index is 4.86. The zero-order valence-corrected chi connectivity index (χ0v) is 9.33. The van der Waals surface area contributed by atoms with Crippen LogP contribution in [0.15, 0.2) is 17.2 Å². The summed E-state index contributed by atoms with van der Waals surface area (Å²) in [5, 5.41) is 7.08. The third-order valence-corrected chi connectivity index (χ3v) is 2.11. The highest BCUT2D eigenvalue weighted by Gasteiger charge is 1.99. The summed E-state index contributed by atoms with van der Waals surface area (Å²) in [5.74, 6) is 1.36. The zero-order valence-electron chi connectivity index (χ0n) is 9.33. The van der Waals surface area contributed by atoms with E-state index in [2.05, 4.69) is 22.0 Å². The summed E-state index contributed by atoms with van der Waals surface area (Å²) in [4.78, 5) is 4.10. The Labute approximate surface area is 90.8 Å². The minimum atomic E-state index is 0.623. The van der Waals surface area contributed by atoms with Crippen LogP contribution in [0.3, 0.4) is 0 Å². The number of nitrogens with zero attached hydrogens (tertiary/aromatic N) is 2. The number of hydrogen-bond donors (Lipinski definition) is 1. The fourth-order valence-corrected chi connectivity index (χ4v) is 1.33. The van der Waals surface area contributed by atoms with E-state index in [4.69, 9.17) is 4.52 Å². The molecule has 0 radical (unpaired) electrons. The topological polar surface area (TPSA) is 51.0 Å². The first-order valence-electron chi connectivity index (χ1n) is 5.43. The monoisotopic (exact) mass is 209 g/mol. The van der Waals surface area contributed by atoms with Gasteiger partial charge in [-0.25, -0.2) is 0 Å². The smallest absolute Gasteiger partial charge is 0.223 e. The van der Waals surface area contributed by atoms with Crippen LogP contribution in [0, 0.1) is 6.92 Å². The van der Waals surface area contributed by atoms with Crippen molar-refractivity contribution in [3.05, 3.63) is 24.4 Å². The Kier molecular flexibility index (Phi) is 5.70. The second kappa shape index (κ2) is 7.17. The summed E-state index contributed by atoms with van der Waals surface area (Å²) < 4.78 is 4.86. The molecule has 0 unspecified atom stereocenters. The highest BCUT2D eigenvalue weighted by Crippen LogP contribution is 1.99. The Balaban J connectivity index is 1.95. The molecular formula is C11H19N3O. The Morgan fingerprint density at radius 1 is 1.40 bits per heavy atom. The molecule has 0 saturated carbocycles. The molecule has 1 aromatic rings. The minimum Gasteiger partial charge on any atom is -0.340 e. The van der Waals surface area contributed by atoms with Crippen molar-refractivity contribution in [2.75, 3.05) is 6.54 Å². The normalized spacial score (nSPS) is 10.5. The summed E-state index contributed by atoms with van der Waals surface area (Å²) in [6.45, 7) is 7.19. The summed E-state index contributed by atoms with van der Waals surface area (Å²) in [5.41, 5.74) is 0. The van der Waals surface area contributed by atoms with Crippen LogP contribution in [0.25, 0.3) is 0 Å². The predicted octanol–water partition coefficient (Wildman–Crippen LogP) is 2.21. The van der Waals surface area contributed by atoms with Crippen LogP contribution in [-0.4, -0.2) is 16.7 Å². The van der Waals surface area contributed by atoms with Gasteiger partial charge in [-0.15, -0.1) is 6.58 Å². The SMILES string of the molecule is C=CCCCCCNCc1noc(C)n1. The lowest BCUT2D eigenvalue weighted by molar-refractivity contribution is 0.385. The van der Waals surface area contributed by atoms with Crippen molar-refractivity contribution in [3.8, 4) is 0 Å². The molecule has 84 valence electrons. The Morgan fingerprint density at radius 2 is 2.27 bits per heavy atom. The highest BCUT2D eigenvalue weighted by atomic mass is 16.5. The molecule has 0 atom stereocenters. The molecule has 1 aromatic heterocycles. The van der Waals surface area contributed by atoms with Crippen molar-refractivity contribution >= 4 is 0 Å². The lowest BCUT2D eigenvalue weighted by Crippen LogP contribution is -2.15. The number of rotatable bonds is 8. The van der Waals surface area contributed by atoms with Gasteiger partial charge in [0, 0.05) is 6.92 Å². The fourth-order valence-electron chi connectivity index (χ4n) is 1.33. The minimum absolute atomic E-state index is 0.623. The quantitative estimate of drug-likeness (QED) is 0.527. The number of nitrogens with one attached hydrogen (secondary N) is 1. The van der Waals surface area contributed by atoms with Gasteiger partial charge in [0.2, 0.25) is 5.89 Å². The predicted molar refractivity (Wildman–Crippen MR) is 59.4 cm³/mol. The Bertz CT molecular complexity index is 283. The van der Waals surface area contributed by atoms with Gasteiger partial charge in [0.15, 0.2) is 5.82 Å². The third-order valence-electron chi connectivity index (χ3n) is 2.11. The van der Waals surface area contributed by atoms with Crippen LogP contribution < -0.4 is 5.32 Å².